The van der Waals surface area contributed by atoms with Gasteiger partial charge >= 0.3 is 0 Å². The molecule has 0 aromatic heterocycles. The van der Waals surface area contributed by atoms with E-state index < -0.39 is 0 Å². The van der Waals surface area contributed by atoms with Gasteiger partial charge in [0.2, 0.25) is 11.8 Å². The van der Waals surface area contributed by atoms with Gasteiger partial charge in [0, 0.05) is 19.6 Å². The second kappa shape index (κ2) is 7.75. The minimum Gasteiger partial charge on any atom is -0.378 e. The van der Waals surface area contributed by atoms with Gasteiger partial charge in [-0.25, -0.2) is 4.39 Å². The van der Waals surface area contributed by atoms with E-state index in [1.54, 1.807) is 21.9 Å². The zero-order valence-corrected chi connectivity index (χ0v) is 13.7. The Bertz CT molecular complexity index is 584. The molecule has 0 bridgehead atoms. The summed E-state index contributed by atoms with van der Waals surface area (Å²) in [5.74, 6) is -0.345. The number of carbonyl (C=O) groups is 2. The molecule has 5 nitrogen and oxygen atoms in total. The summed E-state index contributed by atoms with van der Waals surface area (Å²) in [6, 6.07) is 5.58. The number of rotatable bonds is 3. The number of nitrogens with zero attached hydrogens (tertiary/aromatic N) is 2. The van der Waals surface area contributed by atoms with E-state index in [9.17, 15) is 14.0 Å². The van der Waals surface area contributed by atoms with Crippen LogP contribution in [0.4, 0.5) is 4.39 Å². The minimum atomic E-state index is -0.371. The number of piperidine rings is 1. The zero-order valence-electron chi connectivity index (χ0n) is 13.7. The predicted molar refractivity (Wildman–Crippen MR) is 86.9 cm³/mol. The molecule has 2 aliphatic heterocycles. The molecule has 2 amide bonds. The van der Waals surface area contributed by atoms with Crippen LogP contribution in [0.1, 0.15) is 24.8 Å². The predicted octanol–water partition coefficient (Wildman–Crippen LogP) is 1.61. The van der Waals surface area contributed by atoms with Crippen molar-refractivity contribution in [2.75, 3.05) is 32.8 Å². The SMILES string of the molecule is O=C(C1CCCCN1C(=O)Cc1ccc(F)cc1)N1CCOCC1. The van der Waals surface area contributed by atoms with Crippen molar-refractivity contribution >= 4 is 11.8 Å². The van der Waals surface area contributed by atoms with E-state index in [0.717, 1.165) is 18.4 Å². The van der Waals surface area contributed by atoms with E-state index in [2.05, 4.69) is 0 Å². The first-order chi connectivity index (χ1) is 11.6. The summed E-state index contributed by atoms with van der Waals surface area (Å²) in [5, 5.41) is 0. The molecule has 0 aliphatic carbocycles. The highest BCUT2D eigenvalue weighted by Gasteiger charge is 2.35. The molecule has 1 unspecified atom stereocenters. The van der Waals surface area contributed by atoms with Crippen molar-refractivity contribution in [1.29, 1.82) is 0 Å². The Hall–Kier alpha value is -1.95. The second-order valence-corrected chi connectivity index (χ2v) is 6.34. The van der Waals surface area contributed by atoms with Crippen molar-refractivity contribution in [2.24, 2.45) is 0 Å². The molecule has 1 aromatic rings. The molecule has 0 radical (unpaired) electrons. The lowest BCUT2D eigenvalue weighted by molar-refractivity contribution is -0.149. The molecular weight excluding hydrogens is 311 g/mol. The lowest BCUT2D eigenvalue weighted by atomic mass is 9.99. The van der Waals surface area contributed by atoms with Gasteiger partial charge in [0.15, 0.2) is 0 Å². The van der Waals surface area contributed by atoms with Crippen molar-refractivity contribution in [3.8, 4) is 0 Å². The van der Waals surface area contributed by atoms with Gasteiger partial charge in [-0.15, -0.1) is 0 Å². The van der Waals surface area contributed by atoms with Crippen molar-refractivity contribution in [3.63, 3.8) is 0 Å². The summed E-state index contributed by atoms with van der Waals surface area (Å²) in [5.41, 5.74) is 0.768. The van der Waals surface area contributed by atoms with Crippen molar-refractivity contribution in [2.45, 2.75) is 31.7 Å². The van der Waals surface area contributed by atoms with E-state index in [1.807, 2.05) is 0 Å². The van der Waals surface area contributed by atoms with Crippen LogP contribution < -0.4 is 0 Å². The van der Waals surface area contributed by atoms with Gasteiger partial charge in [0.25, 0.3) is 0 Å². The van der Waals surface area contributed by atoms with Crippen LogP contribution in [-0.2, 0) is 20.7 Å². The summed E-state index contributed by atoms with van der Waals surface area (Å²) in [7, 11) is 0. The van der Waals surface area contributed by atoms with Gasteiger partial charge < -0.3 is 14.5 Å². The maximum atomic E-state index is 13.0. The van der Waals surface area contributed by atoms with Crippen molar-refractivity contribution < 1.29 is 18.7 Å². The van der Waals surface area contributed by atoms with Gasteiger partial charge in [0.1, 0.15) is 11.9 Å². The van der Waals surface area contributed by atoms with Crippen LogP contribution >= 0.6 is 0 Å². The number of hydrogen-bond acceptors (Lipinski definition) is 3. The molecule has 6 heteroatoms. The summed E-state index contributed by atoms with van der Waals surface area (Å²) < 4.78 is 18.3. The van der Waals surface area contributed by atoms with Gasteiger partial charge in [-0.2, -0.15) is 0 Å². The fourth-order valence-electron chi connectivity index (χ4n) is 3.36. The number of benzene rings is 1. The van der Waals surface area contributed by atoms with Crippen molar-refractivity contribution in [1.82, 2.24) is 9.80 Å². The topological polar surface area (TPSA) is 49.9 Å². The lowest BCUT2D eigenvalue weighted by Gasteiger charge is -2.38. The molecule has 1 atom stereocenters. The number of ether oxygens (including phenoxy) is 1. The minimum absolute atomic E-state index is 0.0328. The quantitative estimate of drug-likeness (QED) is 0.844. The fourth-order valence-corrected chi connectivity index (χ4v) is 3.36. The average Bonchev–Trinajstić information content (AvgIpc) is 2.63. The molecule has 130 valence electrons. The van der Waals surface area contributed by atoms with Gasteiger partial charge in [-0.3, -0.25) is 9.59 Å². The van der Waals surface area contributed by atoms with Crippen LogP contribution in [0.5, 0.6) is 0 Å². The molecule has 2 heterocycles. The maximum absolute atomic E-state index is 13.0. The highest BCUT2D eigenvalue weighted by atomic mass is 19.1. The van der Waals surface area contributed by atoms with E-state index >= 15 is 0 Å². The zero-order chi connectivity index (χ0) is 16.9. The highest BCUT2D eigenvalue weighted by molar-refractivity contribution is 5.88. The van der Waals surface area contributed by atoms with Gasteiger partial charge in [0.05, 0.1) is 19.6 Å². The highest BCUT2D eigenvalue weighted by Crippen LogP contribution is 2.21. The number of amides is 2. The monoisotopic (exact) mass is 334 g/mol. The molecule has 0 saturated carbocycles. The first-order valence-corrected chi connectivity index (χ1v) is 8.55. The smallest absolute Gasteiger partial charge is 0.245 e. The van der Waals surface area contributed by atoms with Crippen LogP contribution in [0.2, 0.25) is 0 Å². The average molecular weight is 334 g/mol. The summed E-state index contributed by atoms with van der Waals surface area (Å²) in [4.78, 5) is 29.0. The summed E-state index contributed by atoms with van der Waals surface area (Å²) in [6.07, 6.45) is 2.79. The number of morpholine rings is 1. The van der Waals surface area contributed by atoms with Crippen LogP contribution in [0.25, 0.3) is 0 Å². The molecule has 0 spiro atoms. The van der Waals surface area contributed by atoms with Crippen LogP contribution in [0, 0.1) is 5.82 Å². The first-order valence-electron chi connectivity index (χ1n) is 8.55. The molecule has 1 aromatic carbocycles. The second-order valence-electron chi connectivity index (χ2n) is 6.34. The molecule has 0 N–H and O–H groups in total. The fraction of sp³-hybridized carbons (Fsp3) is 0.556. The van der Waals surface area contributed by atoms with E-state index in [1.165, 1.54) is 12.1 Å². The Labute approximate surface area is 141 Å². The number of likely N-dealkylation sites (tertiary alicyclic amines) is 1. The van der Waals surface area contributed by atoms with E-state index in [-0.39, 0.29) is 30.1 Å². The largest absolute Gasteiger partial charge is 0.378 e. The number of carbonyl (C=O) groups excluding carboxylic acids is 2. The number of halogens is 1. The molecule has 24 heavy (non-hydrogen) atoms. The maximum Gasteiger partial charge on any atom is 0.245 e. The molecule has 2 aliphatic rings. The van der Waals surface area contributed by atoms with Crippen molar-refractivity contribution in [3.05, 3.63) is 35.6 Å². The molecule has 3 rings (SSSR count). The Morgan fingerprint density at radius 1 is 1.08 bits per heavy atom. The van der Waals surface area contributed by atoms with E-state index in [0.29, 0.717) is 39.3 Å². The van der Waals surface area contributed by atoms with Crippen LogP contribution in [0.15, 0.2) is 24.3 Å². The third-order valence-corrected chi connectivity index (χ3v) is 4.70. The Morgan fingerprint density at radius 2 is 1.79 bits per heavy atom. The third kappa shape index (κ3) is 3.93. The molecular formula is C18H23FN2O3. The molecule has 2 saturated heterocycles. The lowest BCUT2D eigenvalue weighted by Crippen LogP contribution is -2.55. The molecule has 2 fully saturated rings. The first kappa shape index (κ1) is 16.9. The van der Waals surface area contributed by atoms with Crippen LogP contribution in [-0.4, -0.2) is 60.5 Å². The van der Waals surface area contributed by atoms with Gasteiger partial charge in [-0.05, 0) is 37.0 Å². The number of hydrogen-bond donors (Lipinski definition) is 0. The Balaban J connectivity index is 1.67. The standard InChI is InChI=1S/C18H23FN2O3/c19-15-6-4-14(5-7-15)13-17(22)21-8-2-1-3-16(21)18(23)20-9-11-24-12-10-20/h4-7,16H,1-3,8-13H2. The third-order valence-electron chi connectivity index (χ3n) is 4.70. The Morgan fingerprint density at radius 3 is 2.50 bits per heavy atom. The Kier molecular flexibility index (Phi) is 5.45. The summed E-state index contributed by atoms with van der Waals surface area (Å²) in [6.45, 7) is 2.91. The van der Waals surface area contributed by atoms with Gasteiger partial charge in [-0.1, -0.05) is 12.1 Å². The summed E-state index contributed by atoms with van der Waals surface area (Å²) >= 11 is 0. The van der Waals surface area contributed by atoms with Crippen LogP contribution in [0.3, 0.4) is 0 Å². The van der Waals surface area contributed by atoms with E-state index in [4.69, 9.17) is 4.74 Å². The normalized spacial score (nSPS) is 21.6.